The van der Waals surface area contributed by atoms with Gasteiger partial charge in [0.25, 0.3) is 0 Å². The maximum absolute atomic E-state index is 5.72. The van der Waals surface area contributed by atoms with E-state index in [1.54, 1.807) is 11.8 Å². The summed E-state index contributed by atoms with van der Waals surface area (Å²) >= 11 is 1.67. The molecule has 2 heterocycles. The molecule has 1 saturated heterocycles. The number of benzene rings is 1. The number of rotatable bonds is 6. The summed E-state index contributed by atoms with van der Waals surface area (Å²) in [6.45, 7) is 5.34. The molecular formula is C14H16N4OS. The number of nitrogens with zero attached hydrogens (tertiary/aromatic N) is 3. The standard InChI is InChI=1S/C14H16N4OS/c1-2-7-18-13(10-3-5-11(15)6-4-10)16-17-14(18)20-9-12-8-19-12/h2-6,12H,1,7-9,15H2. The van der Waals surface area contributed by atoms with Crippen molar-refractivity contribution < 1.29 is 4.74 Å². The number of nitrogen functional groups attached to an aromatic ring is 1. The second-order valence-corrected chi connectivity index (χ2v) is 5.58. The lowest BCUT2D eigenvalue weighted by molar-refractivity contribution is 0.426. The highest BCUT2D eigenvalue weighted by Gasteiger charge is 2.24. The molecule has 2 N–H and O–H groups in total. The van der Waals surface area contributed by atoms with Crippen LogP contribution in [-0.4, -0.2) is 33.2 Å². The molecule has 0 amide bonds. The predicted octanol–water partition coefficient (Wildman–Crippen LogP) is 2.20. The molecular weight excluding hydrogens is 272 g/mol. The largest absolute Gasteiger partial charge is 0.399 e. The number of aromatic nitrogens is 3. The maximum atomic E-state index is 5.72. The van der Waals surface area contributed by atoms with E-state index in [-0.39, 0.29) is 0 Å². The molecule has 1 fully saturated rings. The van der Waals surface area contributed by atoms with Crippen molar-refractivity contribution in [1.82, 2.24) is 14.8 Å². The quantitative estimate of drug-likeness (QED) is 0.382. The molecule has 1 aromatic carbocycles. The minimum atomic E-state index is 0.369. The maximum Gasteiger partial charge on any atom is 0.191 e. The van der Waals surface area contributed by atoms with Crippen LogP contribution in [0.1, 0.15) is 0 Å². The van der Waals surface area contributed by atoms with Crippen molar-refractivity contribution in [2.75, 3.05) is 18.1 Å². The number of epoxide rings is 1. The van der Waals surface area contributed by atoms with E-state index >= 15 is 0 Å². The molecule has 3 rings (SSSR count). The van der Waals surface area contributed by atoms with Crippen molar-refractivity contribution in [3.8, 4) is 11.4 Å². The third kappa shape index (κ3) is 2.86. The van der Waals surface area contributed by atoms with E-state index < -0.39 is 0 Å². The Hall–Kier alpha value is -1.79. The number of hydrogen-bond acceptors (Lipinski definition) is 5. The summed E-state index contributed by atoms with van der Waals surface area (Å²) < 4.78 is 7.28. The summed E-state index contributed by atoms with van der Waals surface area (Å²) in [6.07, 6.45) is 2.22. The van der Waals surface area contributed by atoms with Gasteiger partial charge in [0.15, 0.2) is 11.0 Å². The summed E-state index contributed by atoms with van der Waals surface area (Å²) in [6, 6.07) is 7.65. The first kappa shape index (κ1) is 13.2. The first-order chi connectivity index (χ1) is 9.78. The fraction of sp³-hybridized carbons (Fsp3) is 0.286. The molecule has 0 saturated carbocycles. The Bertz CT molecular complexity index is 604. The average Bonchev–Trinajstić information content (AvgIpc) is 3.20. The molecule has 20 heavy (non-hydrogen) atoms. The van der Waals surface area contributed by atoms with Gasteiger partial charge in [0.05, 0.1) is 12.7 Å². The molecule has 5 nitrogen and oxygen atoms in total. The Morgan fingerprint density at radius 1 is 1.40 bits per heavy atom. The van der Waals surface area contributed by atoms with Crippen molar-refractivity contribution >= 4 is 17.4 Å². The smallest absolute Gasteiger partial charge is 0.191 e. The van der Waals surface area contributed by atoms with Gasteiger partial charge < -0.3 is 10.5 Å². The molecule has 104 valence electrons. The highest BCUT2D eigenvalue weighted by atomic mass is 32.2. The average molecular weight is 288 g/mol. The lowest BCUT2D eigenvalue weighted by atomic mass is 10.2. The second-order valence-electron chi connectivity index (χ2n) is 4.59. The molecule has 1 atom stereocenters. The molecule has 1 unspecified atom stereocenters. The lowest BCUT2D eigenvalue weighted by Crippen LogP contribution is -2.02. The minimum Gasteiger partial charge on any atom is -0.399 e. The molecule has 1 aliphatic rings. The molecule has 0 bridgehead atoms. The number of thioether (sulfide) groups is 1. The van der Waals surface area contributed by atoms with Crippen LogP contribution in [-0.2, 0) is 11.3 Å². The van der Waals surface area contributed by atoms with Gasteiger partial charge in [-0.2, -0.15) is 0 Å². The molecule has 0 spiro atoms. The van der Waals surface area contributed by atoms with Gasteiger partial charge in [0.2, 0.25) is 0 Å². The third-order valence-electron chi connectivity index (χ3n) is 3.00. The summed E-state index contributed by atoms with van der Waals surface area (Å²) in [7, 11) is 0. The zero-order valence-corrected chi connectivity index (χ0v) is 11.8. The van der Waals surface area contributed by atoms with Crippen LogP contribution >= 0.6 is 11.8 Å². The second kappa shape index (κ2) is 5.68. The highest BCUT2D eigenvalue weighted by molar-refractivity contribution is 7.99. The first-order valence-corrected chi connectivity index (χ1v) is 7.41. The van der Waals surface area contributed by atoms with Crippen LogP contribution in [0.15, 0.2) is 42.1 Å². The normalized spacial score (nSPS) is 17.1. The van der Waals surface area contributed by atoms with Crippen LogP contribution in [0.3, 0.4) is 0 Å². The number of anilines is 1. The Balaban J connectivity index is 1.88. The summed E-state index contributed by atoms with van der Waals surface area (Å²) in [5.41, 5.74) is 7.46. The van der Waals surface area contributed by atoms with Crippen molar-refractivity contribution in [3.05, 3.63) is 36.9 Å². The van der Waals surface area contributed by atoms with E-state index in [9.17, 15) is 0 Å². The van der Waals surface area contributed by atoms with Crippen LogP contribution in [0.5, 0.6) is 0 Å². The van der Waals surface area contributed by atoms with Gasteiger partial charge in [-0.15, -0.1) is 16.8 Å². The topological polar surface area (TPSA) is 69.3 Å². The van der Waals surface area contributed by atoms with Crippen LogP contribution in [0, 0.1) is 0 Å². The Morgan fingerprint density at radius 3 is 2.80 bits per heavy atom. The van der Waals surface area contributed by atoms with Crippen molar-refractivity contribution in [1.29, 1.82) is 0 Å². The van der Waals surface area contributed by atoms with Gasteiger partial charge in [0.1, 0.15) is 0 Å². The SMILES string of the molecule is C=CCn1c(SCC2CO2)nnc1-c1ccc(N)cc1. The van der Waals surface area contributed by atoms with E-state index in [0.717, 1.165) is 34.6 Å². The molecule has 0 radical (unpaired) electrons. The van der Waals surface area contributed by atoms with Gasteiger partial charge in [-0.3, -0.25) is 4.57 Å². The fourth-order valence-electron chi connectivity index (χ4n) is 1.87. The van der Waals surface area contributed by atoms with Gasteiger partial charge in [-0.25, -0.2) is 0 Å². The van der Waals surface area contributed by atoms with Gasteiger partial charge in [0, 0.05) is 23.5 Å². The van der Waals surface area contributed by atoms with Crippen LogP contribution < -0.4 is 5.73 Å². The summed E-state index contributed by atoms with van der Waals surface area (Å²) in [5.74, 6) is 1.75. The highest BCUT2D eigenvalue weighted by Crippen LogP contribution is 2.27. The van der Waals surface area contributed by atoms with E-state index in [1.165, 1.54) is 0 Å². The molecule has 2 aromatic rings. The number of ether oxygens (including phenoxy) is 1. The zero-order valence-electron chi connectivity index (χ0n) is 11.0. The van der Waals surface area contributed by atoms with Gasteiger partial charge in [-0.05, 0) is 24.3 Å². The first-order valence-electron chi connectivity index (χ1n) is 6.42. The van der Waals surface area contributed by atoms with Crippen LogP contribution in [0.4, 0.5) is 5.69 Å². The molecule has 0 aliphatic carbocycles. The molecule has 1 aliphatic heterocycles. The van der Waals surface area contributed by atoms with Crippen molar-refractivity contribution in [3.63, 3.8) is 0 Å². The van der Waals surface area contributed by atoms with E-state index in [1.807, 2.05) is 30.3 Å². The molecule has 1 aromatic heterocycles. The summed E-state index contributed by atoms with van der Waals surface area (Å²) in [4.78, 5) is 0. The molecule has 6 heteroatoms. The number of hydrogen-bond donors (Lipinski definition) is 1. The number of allylic oxidation sites excluding steroid dienone is 1. The van der Waals surface area contributed by atoms with Gasteiger partial charge >= 0.3 is 0 Å². The monoisotopic (exact) mass is 288 g/mol. The lowest BCUT2D eigenvalue weighted by Gasteiger charge is -2.07. The van der Waals surface area contributed by atoms with E-state index in [0.29, 0.717) is 12.6 Å². The van der Waals surface area contributed by atoms with Crippen LogP contribution in [0.25, 0.3) is 11.4 Å². The summed E-state index contributed by atoms with van der Waals surface area (Å²) in [5, 5.41) is 9.47. The number of nitrogens with two attached hydrogens (primary N) is 1. The Kier molecular flexibility index (Phi) is 3.75. The fourth-order valence-corrected chi connectivity index (χ4v) is 2.81. The Labute approximate surface area is 121 Å². The third-order valence-corrected chi connectivity index (χ3v) is 4.10. The minimum absolute atomic E-state index is 0.369. The predicted molar refractivity (Wildman–Crippen MR) is 80.5 cm³/mol. The van der Waals surface area contributed by atoms with Crippen molar-refractivity contribution in [2.24, 2.45) is 0 Å². The Morgan fingerprint density at radius 2 is 2.15 bits per heavy atom. The van der Waals surface area contributed by atoms with Crippen molar-refractivity contribution in [2.45, 2.75) is 17.8 Å². The van der Waals surface area contributed by atoms with Crippen LogP contribution in [0.2, 0.25) is 0 Å². The van der Waals surface area contributed by atoms with Gasteiger partial charge in [-0.1, -0.05) is 17.8 Å². The van der Waals surface area contributed by atoms with E-state index in [2.05, 4.69) is 21.3 Å². The van der Waals surface area contributed by atoms with E-state index in [4.69, 9.17) is 10.5 Å². The zero-order chi connectivity index (χ0) is 13.9.